The molecule has 0 radical (unpaired) electrons. The number of carbonyl (C=O) groups is 1. The first-order valence-corrected chi connectivity index (χ1v) is 6.33. The van der Waals surface area contributed by atoms with E-state index in [2.05, 4.69) is 5.32 Å². The summed E-state index contributed by atoms with van der Waals surface area (Å²) in [5.41, 5.74) is 1.62. The monoisotopic (exact) mass is 291 g/mol. The third kappa shape index (κ3) is 3.03. The molecule has 0 bridgehead atoms. The molecule has 0 aliphatic heterocycles. The second-order valence-electron chi connectivity index (χ2n) is 4.30. The number of hydrogen-bond donors (Lipinski definition) is 2. The van der Waals surface area contributed by atoms with Crippen LogP contribution in [0.3, 0.4) is 0 Å². The van der Waals surface area contributed by atoms with E-state index in [4.69, 9.17) is 16.3 Å². The van der Waals surface area contributed by atoms with Crippen LogP contribution in [0.15, 0.2) is 36.4 Å². The fourth-order valence-electron chi connectivity index (χ4n) is 1.79. The van der Waals surface area contributed by atoms with Crippen LogP contribution in [0.1, 0.15) is 15.9 Å². The predicted octanol–water partition coefficient (Wildman–Crippen LogP) is 3.61. The van der Waals surface area contributed by atoms with E-state index < -0.39 is 0 Å². The molecule has 20 heavy (non-hydrogen) atoms. The van der Waals surface area contributed by atoms with E-state index in [1.807, 2.05) is 0 Å². The number of methoxy groups -OCH3 is 1. The zero-order chi connectivity index (χ0) is 14.7. The van der Waals surface area contributed by atoms with E-state index in [1.54, 1.807) is 37.3 Å². The fourth-order valence-corrected chi connectivity index (χ4v) is 1.96. The second kappa shape index (κ2) is 5.84. The van der Waals surface area contributed by atoms with Gasteiger partial charge in [-0.2, -0.15) is 0 Å². The standard InChI is InChI=1S/C15H14ClNO3/c1-9-7-11(4-5-13(9)18)17-15(19)12-8-10(16)3-6-14(12)20-2/h3-8,18H,1-2H3,(H,17,19). The molecule has 1 amide bonds. The third-order valence-corrected chi connectivity index (χ3v) is 3.10. The van der Waals surface area contributed by atoms with Crippen molar-refractivity contribution in [2.45, 2.75) is 6.92 Å². The summed E-state index contributed by atoms with van der Waals surface area (Å²) in [5.74, 6) is 0.306. The molecule has 0 unspecified atom stereocenters. The van der Waals surface area contributed by atoms with Crippen LogP contribution in [-0.4, -0.2) is 18.1 Å². The van der Waals surface area contributed by atoms with Gasteiger partial charge in [0, 0.05) is 10.7 Å². The average molecular weight is 292 g/mol. The molecule has 4 nitrogen and oxygen atoms in total. The molecule has 0 aliphatic rings. The highest BCUT2D eigenvalue weighted by Gasteiger charge is 2.13. The minimum atomic E-state index is -0.325. The van der Waals surface area contributed by atoms with Crippen LogP contribution in [0, 0.1) is 6.92 Å². The van der Waals surface area contributed by atoms with Crippen molar-refractivity contribution in [1.29, 1.82) is 0 Å². The van der Waals surface area contributed by atoms with E-state index in [-0.39, 0.29) is 11.7 Å². The zero-order valence-electron chi connectivity index (χ0n) is 11.1. The Morgan fingerprint density at radius 3 is 2.65 bits per heavy atom. The van der Waals surface area contributed by atoms with Gasteiger partial charge in [-0.1, -0.05) is 11.6 Å². The van der Waals surface area contributed by atoms with Crippen molar-refractivity contribution in [3.05, 3.63) is 52.5 Å². The lowest BCUT2D eigenvalue weighted by atomic mass is 10.1. The van der Waals surface area contributed by atoms with Gasteiger partial charge in [0.15, 0.2) is 0 Å². The number of hydrogen-bond acceptors (Lipinski definition) is 3. The van der Waals surface area contributed by atoms with Crippen molar-refractivity contribution in [2.24, 2.45) is 0 Å². The first-order valence-electron chi connectivity index (χ1n) is 5.96. The van der Waals surface area contributed by atoms with Gasteiger partial charge >= 0.3 is 0 Å². The lowest BCUT2D eigenvalue weighted by molar-refractivity contribution is 0.102. The van der Waals surface area contributed by atoms with Gasteiger partial charge in [0.2, 0.25) is 0 Å². The maximum atomic E-state index is 12.2. The van der Waals surface area contributed by atoms with Crippen LogP contribution in [0.2, 0.25) is 5.02 Å². The normalized spacial score (nSPS) is 10.2. The van der Waals surface area contributed by atoms with Gasteiger partial charge in [0.05, 0.1) is 12.7 Å². The average Bonchev–Trinajstić information content (AvgIpc) is 2.43. The van der Waals surface area contributed by atoms with Crippen LogP contribution in [-0.2, 0) is 0 Å². The molecule has 104 valence electrons. The van der Waals surface area contributed by atoms with Crippen molar-refractivity contribution in [3.8, 4) is 11.5 Å². The lowest BCUT2D eigenvalue weighted by Gasteiger charge is -2.10. The Balaban J connectivity index is 2.27. The van der Waals surface area contributed by atoms with Gasteiger partial charge in [-0.15, -0.1) is 0 Å². The SMILES string of the molecule is COc1ccc(Cl)cc1C(=O)Nc1ccc(O)c(C)c1. The molecule has 0 aliphatic carbocycles. The Morgan fingerprint density at radius 2 is 2.00 bits per heavy atom. The van der Waals surface area contributed by atoms with Gasteiger partial charge in [-0.05, 0) is 48.9 Å². The maximum absolute atomic E-state index is 12.2. The summed E-state index contributed by atoms with van der Waals surface area (Å²) in [6.45, 7) is 1.75. The third-order valence-electron chi connectivity index (χ3n) is 2.86. The molecule has 0 saturated carbocycles. The number of rotatable bonds is 3. The number of ether oxygens (including phenoxy) is 1. The first kappa shape index (κ1) is 14.2. The van der Waals surface area contributed by atoms with E-state index >= 15 is 0 Å². The summed E-state index contributed by atoms with van der Waals surface area (Å²) in [5, 5.41) is 12.7. The summed E-state index contributed by atoms with van der Waals surface area (Å²) >= 11 is 5.90. The van der Waals surface area contributed by atoms with Crippen LogP contribution < -0.4 is 10.1 Å². The molecule has 2 rings (SSSR count). The minimum absolute atomic E-state index is 0.184. The summed E-state index contributed by atoms with van der Waals surface area (Å²) < 4.78 is 5.14. The highest BCUT2D eigenvalue weighted by molar-refractivity contribution is 6.31. The molecule has 2 aromatic carbocycles. The number of phenols is 1. The molecule has 0 heterocycles. The smallest absolute Gasteiger partial charge is 0.259 e. The highest BCUT2D eigenvalue weighted by Crippen LogP contribution is 2.25. The van der Waals surface area contributed by atoms with Crippen molar-refractivity contribution >= 4 is 23.2 Å². The number of benzene rings is 2. The van der Waals surface area contributed by atoms with Crippen molar-refractivity contribution in [2.75, 3.05) is 12.4 Å². The molecular weight excluding hydrogens is 278 g/mol. The Labute approximate surface area is 122 Å². The lowest BCUT2D eigenvalue weighted by Crippen LogP contribution is -2.13. The number of nitrogens with one attached hydrogen (secondary N) is 1. The quantitative estimate of drug-likeness (QED) is 0.849. The number of amides is 1. The van der Waals surface area contributed by atoms with E-state index in [9.17, 15) is 9.90 Å². The summed E-state index contributed by atoms with van der Waals surface area (Å²) in [6, 6.07) is 9.67. The maximum Gasteiger partial charge on any atom is 0.259 e. The highest BCUT2D eigenvalue weighted by atomic mass is 35.5. The predicted molar refractivity (Wildman–Crippen MR) is 78.8 cm³/mol. The summed E-state index contributed by atoms with van der Waals surface area (Å²) in [7, 11) is 1.49. The number of halogens is 1. The molecule has 2 aromatic rings. The topological polar surface area (TPSA) is 58.6 Å². The molecule has 0 atom stereocenters. The van der Waals surface area contributed by atoms with E-state index in [1.165, 1.54) is 13.2 Å². The largest absolute Gasteiger partial charge is 0.508 e. The Hall–Kier alpha value is -2.20. The number of anilines is 1. The summed E-state index contributed by atoms with van der Waals surface area (Å²) in [6.07, 6.45) is 0. The van der Waals surface area contributed by atoms with Crippen molar-refractivity contribution < 1.29 is 14.6 Å². The Morgan fingerprint density at radius 1 is 1.25 bits per heavy atom. The van der Waals surface area contributed by atoms with Gasteiger partial charge in [-0.3, -0.25) is 4.79 Å². The van der Waals surface area contributed by atoms with E-state index in [0.717, 1.165) is 0 Å². The van der Waals surface area contributed by atoms with Crippen molar-refractivity contribution in [1.82, 2.24) is 0 Å². The van der Waals surface area contributed by atoms with Crippen LogP contribution in [0.4, 0.5) is 5.69 Å². The zero-order valence-corrected chi connectivity index (χ0v) is 11.9. The molecule has 2 N–H and O–H groups in total. The Bertz CT molecular complexity index is 656. The van der Waals surface area contributed by atoms with Gasteiger partial charge in [0.25, 0.3) is 5.91 Å². The van der Waals surface area contributed by atoms with E-state index in [0.29, 0.717) is 27.6 Å². The number of aryl methyl sites for hydroxylation is 1. The molecule has 0 saturated heterocycles. The van der Waals surface area contributed by atoms with Crippen molar-refractivity contribution in [3.63, 3.8) is 0 Å². The molecule has 0 fully saturated rings. The Kier molecular flexibility index (Phi) is 4.15. The van der Waals surface area contributed by atoms with Crippen LogP contribution >= 0.6 is 11.6 Å². The van der Waals surface area contributed by atoms with Gasteiger partial charge in [-0.25, -0.2) is 0 Å². The van der Waals surface area contributed by atoms with Crippen LogP contribution in [0.25, 0.3) is 0 Å². The number of aromatic hydroxyl groups is 1. The number of phenolic OH excluding ortho intramolecular Hbond substituents is 1. The molecule has 0 aromatic heterocycles. The minimum Gasteiger partial charge on any atom is -0.508 e. The fraction of sp³-hybridized carbons (Fsp3) is 0.133. The summed E-state index contributed by atoms with van der Waals surface area (Å²) in [4.78, 5) is 12.2. The van der Waals surface area contributed by atoms with Gasteiger partial charge < -0.3 is 15.2 Å². The van der Waals surface area contributed by atoms with Crippen LogP contribution in [0.5, 0.6) is 11.5 Å². The number of carbonyl (C=O) groups excluding carboxylic acids is 1. The molecule has 0 spiro atoms. The second-order valence-corrected chi connectivity index (χ2v) is 4.74. The molecular formula is C15H14ClNO3. The molecule has 5 heteroatoms. The van der Waals surface area contributed by atoms with Gasteiger partial charge in [0.1, 0.15) is 11.5 Å². The first-order chi connectivity index (χ1) is 9.51.